The molecule has 0 saturated heterocycles. The van der Waals surface area contributed by atoms with Gasteiger partial charge in [0.15, 0.2) is 0 Å². The third-order valence-electron chi connectivity index (χ3n) is 2.30. The van der Waals surface area contributed by atoms with Gasteiger partial charge < -0.3 is 10.4 Å². The van der Waals surface area contributed by atoms with Gasteiger partial charge in [0.05, 0.1) is 11.1 Å². The van der Waals surface area contributed by atoms with Crippen LogP contribution in [0.2, 0.25) is 0 Å². The molecule has 0 amide bonds. The summed E-state index contributed by atoms with van der Waals surface area (Å²) in [5, 5.41) is 11.8. The highest BCUT2D eigenvalue weighted by atomic mass is 19.4. The molecule has 0 aromatic heterocycles. The molecule has 0 saturated carbocycles. The molecule has 0 aliphatic rings. The zero-order valence-electron chi connectivity index (χ0n) is 10.1. The van der Waals surface area contributed by atoms with Crippen LogP contribution in [0.25, 0.3) is 0 Å². The Labute approximate surface area is 108 Å². The van der Waals surface area contributed by atoms with Crippen molar-refractivity contribution >= 4 is 5.97 Å². The van der Waals surface area contributed by atoms with E-state index in [-0.39, 0.29) is 5.56 Å². The van der Waals surface area contributed by atoms with Crippen molar-refractivity contribution < 1.29 is 23.1 Å². The molecular formula is C13H12F3NO2. The third-order valence-corrected chi connectivity index (χ3v) is 2.30. The number of aromatic carboxylic acids is 1. The molecule has 1 aromatic carbocycles. The molecule has 0 atom stereocenters. The van der Waals surface area contributed by atoms with Gasteiger partial charge in [0.25, 0.3) is 0 Å². The molecule has 19 heavy (non-hydrogen) atoms. The van der Waals surface area contributed by atoms with Crippen molar-refractivity contribution in [1.29, 1.82) is 0 Å². The quantitative estimate of drug-likeness (QED) is 0.655. The third kappa shape index (κ3) is 4.30. The van der Waals surface area contributed by atoms with Crippen LogP contribution in [-0.4, -0.2) is 24.7 Å². The maximum atomic E-state index is 12.5. The van der Waals surface area contributed by atoms with Crippen LogP contribution in [0.15, 0.2) is 18.2 Å². The average Bonchev–Trinajstić information content (AvgIpc) is 2.33. The van der Waals surface area contributed by atoms with Crippen LogP contribution in [0.4, 0.5) is 13.2 Å². The molecule has 3 nitrogen and oxygen atoms in total. The minimum Gasteiger partial charge on any atom is -0.478 e. The van der Waals surface area contributed by atoms with Gasteiger partial charge in [0, 0.05) is 18.5 Å². The van der Waals surface area contributed by atoms with Gasteiger partial charge in [-0.15, -0.1) is 0 Å². The van der Waals surface area contributed by atoms with Gasteiger partial charge in [-0.2, -0.15) is 13.2 Å². The Hall–Kier alpha value is -2.00. The van der Waals surface area contributed by atoms with Crippen molar-refractivity contribution in [3.63, 3.8) is 0 Å². The maximum Gasteiger partial charge on any atom is 0.416 e. The van der Waals surface area contributed by atoms with Crippen molar-refractivity contribution in [3.05, 3.63) is 34.9 Å². The number of hydrogen-bond acceptors (Lipinski definition) is 2. The lowest BCUT2D eigenvalue weighted by Gasteiger charge is -2.08. The van der Waals surface area contributed by atoms with E-state index in [1.54, 1.807) is 7.05 Å². The number of hydrogen-bond donors (Lipinski definition) is 2. The molecule has 2 N–H and O–H groups in total. The van der Waals surface area contributed by atoms with Crippen molar-refractivity contribution in [3.8, 4) is 11.8 Å². The van der Waals surface area contributed by atoms with Gasteiger partial charge in [0.1, 0.15) is 0 Å². The van der Waals surface area contributed by atoms with E-state index in [1.165, 1.54) is 0 Å². The molecule has 0 aliphatic carbocycles. The van der Waals surface area contributed by atoms with Crippen molar-refractivity contribution in [2.45, 2.75) is 12.6 Å². The fraction of sp³-hybridized carbons (Fsp3) is 0.308. The Morgan fingerprint density at radius 3 is 2.63 bits per heavy atom. The molecule has 0 aliphatic heterocycles. The van der Waals surface area contributed by atoms with E-state index >= 15 is 0 Å². The molecule has 1 aromatic rings. The summed E-state index contributed by atoms with van der Waals surface area (Å²) in [5.74, 6) is 3.84. The Balaban J connectivity index is 3.11. The number of nitrogens with one attached hydrogen (secondary N) is 1. The van der Waals surface area contributed by atoms with E-state index in [0.29, 0.717) is 19.0 Å². The number of halogens is 3. The minimum absolute atomic E-state index is 0.0802. The molecule has 1 rings (SSSR count). The summed E-state index contributed by atoms with van der Waals surface area (Å²) in [6.45, 7) is 0.621. The molecule has 102 valence electrons. The lowest BCUT2D eigenvalue weighted by molar-refractivity contribution is -0.137. The highest BCUT2D eigenvalue weighted by Gasteiger charge is 2.31. The number of benzene rings is 1. The van der Waals surface area contributed by atoms with E-state index in [4.69, 9.17) is 5.11 Å². The van der Waals surface area contributed by atoms with Gasteiger partial charge in [0.2, 0.25) is 0 Å². The topological polar surface area (TPSA) is 49.3 Å². The smallest absolute Gasteiger partial charge is 0.416 e. The van der Waals surface area contributed by atoms with Crippen LogP contribution in [0.3, 0.4) is 0 Å². The van der Waals surface area contributed by atoms with Crippen LogP contribution in [-0.2, 0) is 6.18 Å². The predicted molar refractivity (Wildman–Crippen MR) is 63.8 cm³/mol. The summed E-state index contributed by atoms with van der Waals surface area (Å²) in [4.78, 5) is 10.9. The molecule has 6 heteroatoms. The van der Waals surface area contributed by atoms with Crippen molar-refractivity contribution in [1.82, 2.24) is 5.32 Å². The van der Waals surface area contributed by atoms with Gasteiger partial charge in [-0.1, -0.05) is 11.8 Å². The lowest BCUT2D eigenvalue weighted by Crippen LogP contribution is -2.09. The predicted octanol–water partition coefficient (Wildman–Crippen LogP) is 2.36. The normalized spacial score (nSPS) is 10.7. The van der Waals surface area contributed by atoms with Crippen molar-refractivity contribution in [2.75, 3.05) is 13.6 Å². The summed E-state index contributed by atoms with van der Waals surface area (Å²) in [5.41, 5.74) is -1.35. The number of carbonyl (C=O) groups is 1. The second kappa shape index (κ2) is 6.25. The van der Waals surface area contributed by atoms with Gasteiger partial charge in [-0.25, -0.2) is 4.79 Å². The molecule has 0 unspecified atom stereocenters. The first-order chi connectivity index (χ1) is 8.86. The van der Waals surface area contributed by atoms with Crippen LogP contribution in [0.1, 0.15) is 27.9 Å². The molecule has 0 bridgehead atoms. The molecule has 0 spiro atoms. The Kier molecular flexibility index (Phi) is 4.95. The summed E-state index contributed by atoms with van der Waals surface area (Å²) in [6, 6.07) is 2.51. The SMILES string of the molecule is CNCCC#Cc1ccc(C(F)(F)F)cc1C(=O)O. The zero-order chi connectivity index (χ0) is 14.5. The molecule has 0 fully saturated rings. The summed E-state index contributed by atoms with van der Waals surface area (Å²) in [6.07, 6.45) is -4.08. The number of rotatable bonds is 3. The van der Waals surface area contributed by atoms with E-state index in [9.17, 15) is 18.0 Å². The second-order valence-corrected chi connectivity index (χ2v) is 3.72. The van der Waals surface area contributed by atoms with Crippen LogP contribution < -0.4 is 5.32 Å². The van der Waals surface area contributed by atoms with Crippen LogP contribution in [0.5, 0.6) is 0 Å². The molecule has 0 heterocycles. The lowest BCUT2D eigenvalue weighted by atomic mass is 10.0. The standard InChI is InChI=1S/C13H12F3NO2/c1-17-7-3-2-4-9-5-6-10(13(14,15)16)8-11(9)12(18)19/h5-6,8,17H,3,7H2,1H3,(H,18,19). The van der Waals surface area contributed by atoms with Gasteiger partial charge >= 0.3 is 12.1 Å². The summed E-state index contributed by atoms with van der Waals surface area (Å²) >= 11 is 0. The first-order valence-electron chi connectivity index (χ1n) is 5.44. The number of alkyl halides is 3. The van der Waals surface area contributed by atoms with Crippen molar-refractivity contribution in [2.24, 2.45) is 0 Å². The largest absolute Gasteiger partial charge is 0.478 e. The van der Waals surface area contributed by atoms with E-state index in [1.807, 2.05) is 0 Å². The number of carboxylic acids is 1. The fourth-order valence-electron chi connectivity index (χ4n) is 1.35. The fourth-order valence-corrected chi connectivity index (χ4v) is 1.35. The van der Waals surface area contributed by atoms with E-state index in [0.717, 1.165) is 12.1 Å². The Morgan fingerprint density at radius 2 is 2.11 bits per heavy atom. The van der Waals surface area contributed by atoms with E-state index in [2.05, 4.69) is 17.2 Å². The van der Waals surface area contributed by atoms with E-state index < -0.39 is 23.3 Å². The zero-order valence-corrected chi connectivity index (χ0v) is 10.1. The molecule has 0 radical (unpaired) electrons. The minimum atomic E-state index is -4.57. The first kappa shape index (κ1) is 15.1. The highest BCUT2D eigenvalue weighted by Crippen LogP contribution is 2.30. The Bertz CT molecular complexity index is 527. The van der Waals surface area contributed by atoms with Crippen LogP contribution in [0, 0.1) is 11.8 Å². The summed E-state index contributed by atoms with van der Waals surface area (Å²) in [7, 11) is 1.74. The summed E-state index contributed by atoms with van der Waals surface area (Å²) < 4.78 is 37.4. The highest BCUT2D eigenvalue weighted by molar-refractivity contribution is 5.91. The maximum absolute atomic E-state index is 12.5. The number of carboxylic acid groups (broad SMARTS) is 1. The molecular weight excluding hydrogens is 259 g/mol. The monoisotopic (exact) mass is 271 g/mol. The Morgan fingerprint density at radius 1 is 1.42 bits per heavy atom. The second-order valence-electron chi connectivity index (χ2n) is 3.72. The van der Waals surface area contributed by atoms with Gasteiger partial charge in [-0.05, 0) is 25.2 Å². The van der Waals surface area contributed by atoms with Gasteiger partial charge in [-0.3, -0.25) is 0 Å². The first-order valence-corrected chi connectivity index (χ1v) is 5.44. The van der Waals surface area contributed by atoms with Crippen LogP contribution >= 0.6 is 0 Å². The average molecular weight is 271 g/mol.